The first-order valence-corrected chi connectivity index (χ1v) is 5.96. The number of rotatable bonds is 3. The van der Waals surface area contributed by atoms with Crippen LogP contribution in [0.1, 0.15) is 18.5 Å². The molecule has 1 aliphatic rings. The molecule has 0 aliphatic carbocycles. The molecular weight excluding hydrogens is 236 g/mol. The normalized spacial score (nSPS) is 25.7. The first-order chi connectivity index (χ1) is 7.12. The summed E-state index contributed by atoms with van der Waals surface area (Å²) in [6, 6.07) is 0. The fraction of sp³-hybridized carbons (Fsp3) is 0.556. The lowest BCUT2D eigenvalue weighted by Crippen LogP contribution is -2.49. The van der Waals surface area contributed by atoms with Crippen LogP contribution in [0.2, 0.25) is 4.47 Å². The number of carboxylic acid groups (broad SMARTS) is 1. The molecule has 0 spiro atoms. The summed E-state index contributed by atoms with van der Waals surface area (Å²) in [7, 11) is 0. The van der Waals surface area contributed by atoms with Crippen LogP contribution in [0.4, 0.5) is 0 Å². The van der Waals surface area contributed by atoms with Gasteiger partial charge in [-0.25, -0.2) is 4.98 Å². The molecule has 82 valence electrons. The van der Waals surface area contributed by atoms with E-state index in [-0.39, 0.29) is 0 Å². The highest BCUT2D eigenvalue weighted by Crippen LogP contribution is 2.26. The lowest BCUT2D eigenvalue weighted by atomic mass is 9.92. The summed E-state index contributed by atoms with van der Waals surface area (Å²) in [6.07, 6.45) is 1.95. The molecule has 1 aromatic rings. The topological polar surface area (TPSA) is 62.2 Å². The van der Waals surface area contributed by atoms with Gasteiger partial charge < -0.3 is 10.4 Å². The van der Waals surface area contributed by atoms with Gasteiger partial charge in [-0.05, 0) is 19.4 Å². The van der Waals surface area contributed by atoms with E-state index in [0.717, 1.165) is 18.7 Å². The van der Waals surface area contributed by atoms with E-state index in [1.165, 1.54) is 11.3 Å². The molecule has 0 aromatic carbocycles. The number of aliphatic carboxylic acids is 1. The number of thiazole rings is 1. The third kappa shape index (κ3) is 2.14. The third-order valence-corrected chi connectivity index (χ3v) is 3.69. The molecule has 1 aliphatic heterocycles. The molecule has 0 amide bonds. The van der Waals surface area contributed by atoms with Crippen LogP contribution >= 0.6 is 22.9 Å². The summed E-state index contributed by atoms with van der Waals surface area (Å²) >= 11 is 7.04. The molecule has 15 heavy (non-hydrogen) atoms. The van der Waals surface area contributed by atoms with Gasteiger partial charge in [0.05, 0.1) is 5.69 Å². The van der Waals surface area contributed by atoms with Crippen molar-refractivity contribution in [2.24, 2.45) is 0 Å². The fourth-order valence-corrected chi connectivity index (χ4v) is 2.67. The van der Waals surface area contributed by atoms with Crippen molar-refractivity contribution in [2.75, 3.05) is 6.54 Å². The SMILES string of the molecule is O=C(O)C1(Cc2csc(Cl)n2)CCCN1. The highest BCUT2D eigenvalue weighted by Gasteiger charge is 2.41. The van der Waals surface area contributed by atoms with Crippen LogP contribution in [-0.4, -0.2) is 28.1 Å². The molecule has 1 saturated heterocycles. The van der Waals surface area contributed by atoms with E-state index >= 15 is 0 Å². The Bertz CT molecular complexity index is 374. The molecular formula is C9H11ClN2O2S. The molecule has 0 radical (unpaired) electrons. The van der Waals surface area contributed by atoms with Gasteiger partial charge in [0.2, 0.25) is 0 Å². The number of hydrogen-bond donors (Lipinski definition) is 2. The number of hydrogen-bond acceptors (Lipinski definition) is 4. The molecule has 2 heterocycles. The second-order valence-electron chi connectivity index (χ2n) is 3.69. The van der Waals surface area contributed by atoms with Crippen molar-refractivity contribution >= 4 is 28.9 Å². The van der Waals surface area contributed by atoms with E-state index < -0.39 is 11.5 Å². The second kappa shape index (κ2) is 4.08. The van der Waals surface area contributed by atoms with Crippen LogP contribution in [-0.2, 0) is 11.2 Å². The van der Waals surface area contributed by atoms with Gasteiger partial charge in [0.15, 0.2) is 4.47 Å². The molecule has 0 saturated carbocycles. The predicted octanol–water partition coefficient (Wildman–Crippen LogP) is 1.55. The van der Waals surface area contributed by atoms with Gasteiger partial charge >= 0.3 is 5.97 Å². The van der Waals surface area contributed by atoms with Crippen LogP contribution in [0.5, 0.6) is 0 Å². The summed E-state index contributed by atoms with van der Waals surface area (Å²) in [5.41, 5.74) is -0.0842. The van der Waals surface area contributed by atoms with Crippen LogP contribution in [0.3, 0.4) is 0 Å². The largest absolute Gasteiger partial charge is 0.480 e. The van der Waals surface area contributed by atoms with Crippen LogP contribution in [0.25, 0.3) is 0 Å². The van der Waals surface area contributed by atoms with Crippen LogP contribution in [0, 0.1) is 0 Å². The Kier molecular flexibility index (Phi) is 2.95. The first kappa shape index (κ1) is 10.9. The average Bonchev–Trinajstić information content (AvgIpc) is 2.77. The van der Waals surface area contributed by atoms with E-state index in [1.807, 2.05) is 5.38 Å². The van der Waals surface area contributed by atoms with E-state index in [9.17, 15) is 9.90 Å². The molecule has 6 heteroatoms. The molecule has 1 unspecified atom stereocenters. The van der Waals surface area contributed by atoms with Crippen molar-refractivity contribution in [1.82, 2.24) is 10.3 Å². The summed E-state index contributed by atoms with van der Waals surface area (Å²) in [5.74, 6) is -0.802. The number of aromatic nitrogens is 1. The summed E-state index contributed by atoms with van der Waals surface area (Å²) in [6.45, 7) is 0.754. The van der Waals surface area contributed by atoms with Gasteiger partial charge in [0, 0.05) is 11.8 Å². The lowest BCUT2D eigenvalue weighted by molar-refractivity contribution is -0.144. The van der Waals surface area contributed by atoms with Crippen molar-refractivity contribution in [3.05, 3.63) is 15.5 Å². The van der Waals surface area contributed by atoms with E-state index in [0.29, 0.717) is 17.3 Å². The Hall–Kier alpha value is -0.650. The van der Waals surface area contributed by atoms with Gasteiger partial charge in [-0.15, -0.1) is 11.3 Å². The van der Waals surface area contributed by atoms with Gasteiger partial charge in [0.25, 0.3) is 0 Å². The minimum Gasteiger partial charge on any atom is -0.480 e. The maximum Gasteiger partial charge on any atom is 0.324 e. The zero-order chi connectivity index (χ0) is 10.9. The molecule has 0 bridgehead atoms. The minimum atomic E-state index is -0.836. The standard InChI is InChI=1S/C9H11ClN2O2S/c10-8-12-6(5-15-8)4-9(7(13)14)2-1-3-11-9/h5,11H,1-4H2,(H,13,14). The van der Waals surface area contributed by atoms with Crippen LogP contribution in [0.15, 0.2) is 5.38 Å². The number of halogens is 1. The summed E-state index contributed by atoms with van der Waals surface area (Å²) in [4.78, 5) is 15.3. The van der Waals surface area contributed by atoms with Crippen molar-refractivity contribution in [3.8, 4) is 0 Å². The predicted molar refractivity (Wildman–Crippen MR) is 58.4 cm³/mol. The maximum atomic E-state index is 11.2. The number of nitrogens with one attached hydrogen (secondary N) is 1. The quantitative estimate of drug-likeness (QED) is 0.850. The average molecular weight is 247 g/mol. The molecule has 2 rings (SSSR count). The third-order valence-electron chi connectivity index (χ3n) is 2.66. The maximum absolute atomic E-state index is 11.2. The molecule has 4 nitrogen and oxygen atoms in total. The van der Waals surface area contributed by atoms with Gasteiger partial charge in [-0.3, -0.25) is 4.79 Å². The van der Waals surface area contributed by atoms with E-state index in [2.05, 4.69) is 10.3 Å². The summed E-state index contributed by atoms with van der Waals surface area (Å²) < 4.78 is 0.462. The molecule has 1 atom stereocenters. The van der Waals surface area contributed by atoms with Gasteiger partial charge in [0.1, 0.15) is 5.54 Å². The number of nitrogens with zero attached hydrogens (tertiary/aromatic N) is 1. The van der Waals surface area contributed by atoms with Crippen LogP contribution < -0.4 is 5.32 Å². The van der Waals surface area contributed by atoms with Crippen molar-refractivity contribution in [1.29, 1.82) is 0 Å². The lowest BCUT2D eigenvalue weighted by Gasteiger charge is -2.23. The highest BCUT2D eigenvalue weighted by atomic mass is 35.5. The first-order valence-electron chi connectivity index (χ1n) is 4.71. The van der Waals surface area contributed by atoms with Crippen molar-refractivity contribution < 1.29 is 9.90 Å². The number of carbonyl (C=O) groups is 1. The Morgan fingerprint density at radius 3 is 3.07 bits per heavy atom. The highest BCUT2D eigenvalue weighted by molar-refractivity contribution is 7.13. The molecule has 1 aromatic heterocycles. The van der Waals surface area contributed by atoms with Crippen molar-refractivity contribution in [3.63, 3.8) is 0 Å². The molecule has 2 N–H and O–H groups in total. The smallest absolute Gasteiger partial charge is 0.324 e. The Morgan fingerprint density at radius 2 is 2.60 bits per heavy atom. The Morgan fingerprint density at radius 1 is 1.80 bits per heavy atom. The second-order valence-corrected chi connectivity index (χ2v) is 5.13. The Labute approximate surface area is 96.3 Å². The zero-order valence-corrected chi connectivity index (χ0v) is 9.57. The van der Waals surface area contributed by atoms with Gasteiger partial charge in [-0.1, -0.05) is 11.6 Å². The zero-order valence-electron chi connectivity index (χ0n) is 7.99. The van der Waals surface area contributed by atoms with Gasteiger partial charge in [-0.2, -0.15) is 0 Å². The van der Waals surface area contributed by atoms with Crippen molar-refractivity contribution in [2.45, 2.75) is 24.8 Å². The monoisotopic (exact) mass is 246 g/mol. The number of carboxylic acids is 1. The summed E-state index contributed by atoms with van der Waals surface area (Å²) in [5, 5.41) is 14.1. The fourth-order valence-electron chi connectivity index (χ4n) is 1.89. The molecule has 1 fully saturated rings. The van der Waals surface area contributed by atoms with E-state index in [1.54, 1.807) is 0 Å². The van der Waals surface area contributed by atoms with E-state index in [4.69, 9.17) is 11.6 Å². The minimum absolute atomic E-state index is 0.408. The Balaban J connectivity index is 2.17.